The molecule has 6 nitrogen and oxygen atoms in total. The summed E-state index contributed by atoms with van der Waals surface area (Å²) in [4.78, 5) is 22.4. The molecular weight excluding hydrogens is 212 g/mol. The van der Waals surface area contributed by atoms with Gasteiger partial charge >= 0.3 is 5.97 Å². The Labute approximate surface area is 93.7 Å². The van der Waals surface area contributed by atoms with Gasteiger partial charge in [0.15, 0.2) is 6.04 Å². The maximum Gasteiger partial charge on any atom is 0.328 e. The van der Waals surface area contributed by atoms with Gasteiger partial charge in [-0.1, -0.05) is 0 Å². The highest BCUT2D eigenvalue weighted by Gasteiger charge is 2.22. The summed E-state index contributed by atoms with van der Waals surface area (Å²) in [5.74, 6) is -1.44. The van der Waals surface area contributed by atoms with Crippen LogP contribution in [0.4, 0.5) is 0 Å². The van der Waals surface area contributed by atoms with Crippen molar-refractivity contribution in [1.29, 1.82) is 0 Å². The van der Waals surface area contributed by atoms with Crippen molar-refractivity contribution >= 4 is 11.9 Å². The third-order valence-corrected chi connectivity index (χ3v) is 2.48. The van der Waals surface area contributed by atoms with Crippen molar-refractivity contribution < 1.29 is 19.4 Å². The molecule has 1 heterocycles. The number of ether oxygens (including phenoxy) is 1. The molecule has 0 aromatic carbocycles. The molecule has 1 unspecified atom stereocenters. The van der Waals surface area contributed by atoms with Gasteiger partial charge in [-0.3, -0.25) is 4.79 Å². The first-order valence-corrected chi connectivity index (χ1v) is 4.98. The summed E-state index contributed by atoms with van der Waals surface area (Å²) in [5.41, 5.74) is 1.60. The first-order chi connectivity index (χ1) is 7.56. The summed E-state index contributed by atoms with van der Waals surface area (Å²) >= 11 is 0. The molecule has 1 amide bonds. The molecule has 1 rings (SSSR count). The van der Waals surface area contributed by atoms with Crippen molar-refractivity contribution in [2.24, 2.45) is 0 Å². The van der Waals surface area contributed by atoms with Crippen LogP contribution >= 0.6 is 0 Å². The van der Waals surface area contributed by atoms with Gasteiger partial charge in [0, 0.05) is 25.8 Å². The van der Waals surface area contributed by atoms with Gasteiger partial charge in [-0.25, -0.2) is 4.79 Å². The Balaban J connectivity index is 2.57. The molecule has 6 heteroatoms. The molecule has 1 atom stereocenters. The molecule has 0 spiro atoms. The van der Waals surface area contributed by atoms with Crippen LogP contribution in [0, 0.1) is 0 Å². The monoisotopic (exact) mass is 228 g/mol. The number of hydrogen-bond acceptors (Lipinski definition) is 4. The van der Waals surface area contributed by atoms with E-state index in [9.17, 15) is 9.59 Å². The van der Waals surface area contributed by atoms with E-state index in [4.69, 9.17) is 9.84 Å². The molecule has 0 bridgehead atoms. The molecule has 1 fully saturated rings. The van der Waals surface area contributed by atoms with Crippen molar-refractivity contribution in [3.05, 3.63) is 11.1 Å². The smallest absolute Gasteiger partial charge is 0.328 e. The molecule has 0 aromatic heterocycles. The van der Waals surface area contributed by atoms with Gasteiger partial charge in [0.1, 0.15) is 0 Å². The SMILES string of the molecule is COCC(NC(=O)C(C)=C1CNC1)C(=O)O. The molecule has 0 radical (unpaired) electrons. The lowest BCUT2D eigenvalue weighted by Crippen LogP contribution is -2.45. The molecule has 0 aliphatic carbocycles. The first-order valence-electron chi connectivity index (χ1n) is 4.98. The fourth-order valence-electron chi connectivity index (χ4n) is 1.28. The number of aliphatic carboxylic acids is 1. The van der Waals surface area contributed by atoms with Crippen LogP contribution in [-0.2, 0) is 14.3 Å². The number of methoxy groups -OCH3 is 1. The fraction of sp³-hybridized carbons (Fsp3) is 0.600. The van der Waals surface area contributed by atoms with Crippen LogP contribution in [-0.4, -0.2) is 49.8 Å². The summed E-state index contributed by atoms with van der Waals surface area (Å²) < 4.78 is 4.72. The quantitative estimate of drug-likeness (QED) is 0.532. The van der Waals surface area contributed by atoms with Crippen molar-refractivity contribution in [3.8, 4) is 0 Å². The number of carbonyl (C=O) groups is 2. The van der Waals surface area contributed by atoms with Crippen LogP contribution in [0.5, 0.6) is 0 Å². The minimum absolute atomic E-state index is 0.0397. The fourth-order valence-corrected chi connectivity index (χ4v) is 1.28. The summed E-state index contributed by atoms with van der Waals surface area (Å²) in [5, 5.41) is 14.3. The average Bonchev–Trinajstić information content (AvgIpc) is 2.13. The van der Waals surface area contributed by atoms with E-state index in [0.717, 1.165) is 5.57 Å². The second kappa shape index (κ2) is 5.62. The zero-order chi connectivity index (χ0) is 12.1. The van der Waals surface area contributed by atoms with Crippen LogP contribution in [0.25, 0.3) is 0 Å². The predicted octanol–water partition coefficient (Wildman–Crippen LogP) is -0.878. The highest BCUT2D eigenvalue weighted by molar-refractivity contribution is 5.96. The third kappa shape index (κ3) is 3.04. The van der Waals surface area contributed by atoms with Crippen LogP contribution in [0.2, 0.25) is 0 Å². The van der Waals surface area contributed by atoms with Gasteiger partial charge in [-0.05, 0) is 12.5 Å². The molecule has 3 N–H and O–H groups in total. The first kappa shape index (κ1) is 12.7. The van der Waals surface area contributed by atoms with E-state index in [-0.39, 0.29) is 12.5 Å². The van der Waals surface area contributed by atoms with E-state index in [2.05, 4.69) is 10.6 Å². The summed E-state index contributed by atoms with van der Waals surface area (Å²) in [6, 6.07) is -0.999. The van der Waals surface area contributed by atoms with Crippen LogP contribution in [0.1, 0.15) is 6.92 Å². The summed E-state index contributed by atoms with van der Waals surface area (Å²) in [6.45, 7) is 3.04. The lowest BCUT2D eigenvalue weighted by molar-refractivity contribution is -0.142. The van der Waals surface area contributed by atoms with Gasteiger partial charge in [0.2, 0.25) is 5.91 Å². The lowest BCUT2D eigenvalue weighted by Gasteiger charge is -2.22. The van der Waals surface area contributed by atoms with E-state index >= 15 is 0 Å². The van der Waals surface area contributed by atoms with Crippen LogP contribution < -0.4 is 10.6 Å². The Kier molecular flexibility index (Phi) is 4.45. The summed E-state index contributed by atoms with van der Waals surface area (Å²) in [6.07, 6.45) is 0. The third-order valence-electron chi connectivity index (χ3n) is 2.48. The number of amides is 1. The molecule has 90 valence electrons. The zero-order valence-corrected chi connectivity index (χ0v) is 9.37. The minimum Gasteiger partial charge on any atom is -0.480 e. The number of hydrogen-bond donors (Lipinski definition) is 3. The van der Waals surface area contributed by atoms with Gasteiger partial charge < -0.3 is 20.5 Å². The lowest BCUT2D eigenvalue weighted by atomic mass is 10.0. The van der Waals surface area contributed by atoms with Gasteiger partial charge in [0.25, 0.3) is 0 Å². The maximum atomic E-state index is 11.7. The number of carboxylic acid groups (broad SMARTS) is 1. The summed E-state index contributed by atoms with van der Waals surface area (Å²) in [7, 11) is 1.39. The highest BCUT2D eigenvalue weighted by Crippen LogP contribution is 2.08. The van der Waals surface area contributed by atoms with Gasteiger partial charge in [-0.15, -0.1) is 0 Å². The number of nitrogens with one attached hydrogen (secondary N) is 2. The Morgan fingerprint density at radius 3 is 2.56 bits per heavy atom. The molecule has 0 aromatic rings. The van der Waals surface area contributed by atoms with Crippen LogP contribution in [0.15, 0.2) is 11.1 Å². The molecule has 1 aliphatic heterocycles. The number of carbonyl (C=O) groups excluding carboxylic acids is 1. The van der Waals surface area contributed by atoms with E-state index < -0.39 is 12.0 Å². The standard InChI is InChI=1S/C10H16N2O4/c1-6(7-3-11-4-7)9(13)12-8(5-16-2)10(14)15/h8,11H,3-5H2,1-2H3,(H,12,13)(H,14,15). The Morgan fingerprint density at radius 1 is 1.56 bits per heavy atom. The topological polar surface area (TPSA) is 87.7 Å². The van der Waals surface area contributed by atoms with Crippen LogP contribution in [0.3, 0.4) is 0 Å². The van der Waals surface area contributed by atoms with Crippen molar-refractivity contribution in [2.75, 3.05) is 26.8 Å². The Hall–Kier alpha value is -1.40. The molecular formula is C10H16N2O4. The molecule has 0 saturated carbocycles. The average molecular weight is 228 g/mol. The van der Waals surface area contributed by atoms with E-state index in [0.29, 0.717) is 18.7 Å². The van der Waals surface area contributed by atoms with Gasteiger partial charge in [-0.2, -0.15) is 0 Å². The Morgan fingerprint density at radius 2 is 2.19 bits per heavy atom. The Bertz CT molecular complexity index is 319. The number of carboxylic acids is 1. The second-order valence-corrected chi connectivity index (χ2v) is 3.65. The minimum atomic E-state index is -1.10. The molecule has 1 saturated heterocycles. The highest BCUT2D eigenvalue weighted by atomic mass is 16.5. The van der Waals surface area contributed by atoms with E-state index in [1.165, 1.54) is 7.11 Å². The predicted molar refractivity (Wildman–Crippen MR) is 57.0 cm³/mol. The molecule has 1 aliphatic rings. The van der Waals surface area contributed by atoms with Gasteiger partial charge in [0.05, 0.1) is 6.61 Å². The van der Waals surface area contributed by atoms with Crippen molar-refractivity contribution in [2.45, 2.75) is 13.0 Å². The maximum absolute atomic E-state index is 11.7. The zero-order valence-electron chi connectivity index (χ0n) is 9.37. The van der Waals surface area contributed by atoms with Crippen molar-refractivity contribution in [3.63, 3.8) is 0 Å². The normalized spacial score (nSPS) is 16.2. The van der Waals surface area contributed by atoms with E-state index in [1.54, 1.807) is 6.92 Å². The number of rotatable bonds is 5. The largest absolute Gasteiger partial charge is 0.480 e. The second-order valence-electron chi connectivity index (χ2n) is 3.65. The van der Waals surface area contributed by atoms with E-state index in [1.807, 2.05) is 0 Å². The molecule has 16 heavy (non-hydrogen) atoms. The van der Waals surface area contributed by atoms with Crippen molar-refractivity contribution in [1.82, 2.24) is 10.6 Å².